The minimum atomic E-state index is -0.556. The first kappa shape index (κ1) is 22.2. The van der Waals surface area contributed by atoms with Crippen LogP contribution in [-0.2, 0) is 26.5 Å². The van der Waals surface area contributed by atoms with Crippen molar-refractivity contribution < 1.29 is 26.5 Å². The molecule has 9 heteroatoms. The van der Waals surface area contributed by atoms with Gasteiger partial charge in [0.15, 0.2) is 11.8 Å². The number of rotatable bonds is 5. The van der Waals surface area contributed by atoms with Gasteiger partial charge in [-0.05, 0) is 26.7 Å². The second-order valence-electron chi connectivity index (χ2n) is 6.76. The summed E-state index contributed by atoms with van der Waals surface area (Å²) in [6.45, 7) is 10.5. The van der Waals surface area contributed by atoms with E-state index in [4.69, 9.17) is 39.6 Å². The Bertz CT molecular complexity index is 474. The van der Waals surface area contributed by atoms with Gasteiger partial charge in [-0.15, -0.1) is 13.1 Å². The SMILES string of the molecule is CC(C)C1OC(C(C)(C)C2=NC(C[NH-])C(C)O2)=NC1C[NH-].[Cl][Ti][Cl]. The van der Waals surface area contributed by atoms with Crippen molar-refractivity contribution in [3.8, 4) is 0 Å². The zero-order chi connectivity index (χ0) is 18.5. The van der Waals surface area contributed by atoms with Gasteiger partial charge in [-0.2, -0.15) is 0 Å². The van der Waals surface area contributed by atoms with E-state index in [0.29, 0.717) is 17.7 Å². The molecular weight excluding hydrogens is 387 g/mol. The maximum absolute atomic E-state index is 7.65. The molecule has 2 aliphatic rings. The molecule has 0 aliphatic carbocycles. The quantitative estimate of drug-likeness (QED) is 0.621. The zero-order valence-corrected chi connectivity index (χ0v) is 17.8. The Morgan fingerprint density at radius 3 is 1.92 bits per heavy atom. The van der Waals surface area contributed by atoms with Crippen LogP contribution >= 0.6 is 18.6 Å². The number of ether oxygens (including phenoxy) is 2. The predicted octanol–water partition coefficient (Wildman–Crippen LogP) is 4.50. The molecule has 0 fully saturated rings. The molecule has 2 aliphatic heterocycles. The molecule has 0 saturated carbocycles. The summed E-state index contributed by atoms with van der Waals surface area (Å²) in [4.78, 5) is 9.12. The molecule has 138 valence electrons. The third-order valence-electron chi connectivity index (χ3n) is 4.18. The van der Waals surface area contributed by atoms with Crippen molar-refractivity contribution in [2.45, 2.75) is 58.9 Å². The van der Waals surface area contributed by atoms with E-state index in [2.05, 4.69) is 23.8 Å². The van der Waals surface area contributed by atoms with E-state index in [-0.39, 0.29) is 37.4 Å². The second-order valence-corrected chi connectivity index (χ2v) is 9.34. The van der Waals surface area contributed by atoms with E-state index in [1.165, 1.54) is 0 Å². The first-order valence-electron chi connectivity index (χ1n) is 7.98. The topological polar surface area (TPSA) is 90.8 Å². The van der Waals surface area contributed by atoms with E-state index >= 15 is 0 Å². The van der Waals surface area contributed by atoms with Gasteiger partial charge in [0, 0.05) is 0 Å². The molecule has 0 saturated heterocycles. The van der Waals surface area contributed by atoms with E-state index < -0.39 is 22.4 Å². The summed E-state index contributed by atoms with van der Waals surface area (Å²) in [5.41, 5.74) is 14.6. The Balaban J connectivity index is 0.000000891. The van der Waals surface area contributed by atoms with Crippen LogP contribution in [0.5, 0.6) is 0 Å². The predicted molar refractivity (Wildman–Crippen MR) is 96.6 cm³/mol. The molecule has 0 aromatic rings. The van der Waals surface area contributed by atoms with Gasteiger partial charge in [0.2, 0.25) is 0 Å². The van der Waals surface area contributed by atoms with Crippen LogP contribution in [-0.4, -0.2) is 49.2 Å². The van der Waals surface area contributed by atoms with E-state index in [9.17, 15) is 0 Å². The zero-order valence-electron chi connectivity index (χ0n) is 14.8. The molecule has 2 N–H and O–H groups in total. The van der Waals surface area contributed by atoms with Gasteiger partial charge in [0.1, 0.15) is 17.6 Å². The second kappa shape index (κ2) is 9.74. The van der Waals surface area contributed by atoms with Crippen LogP contribution in [0.25, 0.3) is 11.5 Å². The van der Waals surface area contributed by atoms with Crippen molar-refractivity contribution in [3.63, 3.8) is 0 Å². The molecule has 0 bridgehead atoms. The molecule has 0 aromatic heterocycles. The summed E-state index contributed by atoms with van der Waals surface area (Å²) >= 11 is -0.556. The van der Waals surface area contributed by atoms with E-state index in [1.807, 2.05) is 20.8 Å². The first-order valence-corrected chi connectivity index (χ1v) is 12.3. The van der Waals surface area contributed by atoms with Gasteiger partial charge >= 0.3 is 35.6 Å². The van der Waals surface area contributed by atoms with Crippen LogP contribution < -0.4 is 0 Å². The van der Waals surface area contributed by atoms with Crippen LogP contribution in [0.3, 0.4) is 0 Å². The summed E-state index contributed by atoms with van der Waals surface area (Å²) < 4.78 is 11.9. The van der Waals surface area contributed by atoms with Crippen molar-refractivity contribution in [2.75, 3.05) is 13.1 Å². The number of nitrogens with zero attached hydrogens (tertiary/aromatic N) is 2. The Morgan fingerprint density at radius 1 is 1.08 bits per heavy atom. The Labute approximate surface area is 161 Å². The van der Waals surface area contributed by atoms with Gasteiger partial charge in [-0.1, -0.05) is 13.8 Å². The minimum absolute atomic E-state index is 0.0526. The summed E-state index contributed by atoms with van der Waals surface area (Å²) in [6.07, 6.45) is -0.130. The molecule has 2 heterocycles. The van der Waals surface area contributed by atoms with Crippen molar-refractivity contribution in [2.24, 2.45) is 21.3 Å². The molecule has 4 unspecified atom stereocenters. The number of hydrogen-bond acceptors (Lipinski definition) is 4. The summed E-state index contributed by atoms with van der Waals surface area (Å²) in [5, 5.41) is 0. The van der Waals surface area contributed by atoms with Gasteiger partial charge in [0.05, 0.1) is 12.1 Å². The Kier molecular flexibility index (Phi) is 9.01. The fraction of sp³-hybridized carbons (Fsp3) is 0.867. The van der Waals surface area contributed by atoms with Gasteiger partial charge in [0.25, 0.3) is 0 Å². The summed E-state index contributed by atoms with van der Waals surface area (Å²) in [6, 6.07) is -0.236. The van der Waals surface area contributed by atoms with Gasteiger partial charge in [-0.3, -0.25) is 0 Å². The van der Waals surface area contributed by atoms with Crippen LogP contribution in [0.2, 0.25) is 0 Å². The molecule has 0 aromatic carbocycles. The monoisotopic (exact) mass is 412 g/mol. The third kappa shape index (κ3) is 5.09. The molecule has 4 atom stereocenters. The summed E-state index contributed by atoms with van der Waals surface area (Å²) in [7, 11) is 9.78. The standard InChI is InChI=1S/C15H26N4O2.2ClH.Ti/c1-8(2)12-11(7-17)19-14(21-12)15(4,5)13-18-10(6-16)9(3)20-13;;;/h8-12,16-17H,6-7H2,1-5H3;2*1H;/q-2;;;+2/p-2. The van der Waals surface area contributed by atoms with E-state index in [1.54, 1.807) is 0 Å². The van der Waals surface area contributed by atoms with Crippen LogP contribution in [0.1, 0.15) is 34.6 Å². The fourth-order valence-electron chi connectivity index (χ4n) is 2.67. The number of halogens is 2. The normalized spacial score (nSPS) is 29.2. The first-order chi connectivity index (χ1) is 11.2. The van der Waals surface area contributed by atoms with E-state index in [0.717, 1.165) is 0 Å². The fourth-order valence-corrected chi connectivity index (χ4v) is 2.67. The number of hydrogen-bond donors (Lipinski definition) is 0. The number of aliphatic imine (C=N–C) groups is 2. The summed E-state index contributed by atoms with van der Waals surface area (Å²) in [5.74, 6) is 1.51. The molecule has 24 heavy (non-hydrogen) atoms. The van der Waals surface area contributed by atoms with Gasteiger partial charge < -0.3 is 20.9 Å². The van der Waals surface area contributed by atoms with Crippen LogP contribution in [0.15, 0.2) is 9.98 Å². The molecule has 6 nitrogen and oxygen atoms in total. The van der Waals surface area contributed by atoms with Crippen molar-refractivity contribution in [1.29, 1.82) is 0 Å². The van der Waals surface area contributed by atoms with Gasteiger partial charge in [-0.25, -0.2) is 9.98 Å². The van der Waals surface area contributed by atoms with Crippen molar-refractivity contribution in [1.82, 2.24) is 0 Å². The third-order valence-corrected chi connectivity index (χ3v) is 4.18. The molecule has 0 radical (unpaired) electrons. The maximum atomic E-state index is 7.65. The molecule has 2 rings (SSSR count). The number of nitrogens with one attached hydrogen (secondary N) is 2. The Morgan fingerprint density at radius 2 is 1.54 bits per heavy atom. The average molecular weight is 413 g/mol. The molecular formula is C15H26Cl2N4O2Ti-2. The average Bonchev–Trinajstić information content (AvgIpc) is 3.11. The Hall–Kier alpha value is 0.154. The van der Waals surface area contributed by atoms with Crippen LogP contribution in [0, 0.1) is 11.3 Å². The van der Waals surface area contributed by atoms with Crippen molar-refractivity contribution >= 4 is 30.4 Å². The van der Waals surface area contributed by atoms with Crippen LogP contribution in [0.4, 0.5) is 0 Å². The molecule has 0 amide bonds. The molecule has 0 spiro atoms. The van der Waals surface area contributed by atoms with Crippen molar-refractivity contribution in [3.05, 3.63) is 11.5 Å².